The molecule has 5 heteroatoms. The average molecular weight is 215 g/mol. The molecule has 1 atom stereocenters. The van der Waals surface area contributed by atoms with Gasteiger partial charge in [0.25, 0.3) is 0 Å². The van der Waals surface area contributed by atoms with Crippen molar-refractivity contribution in [3.63, 3.8) is 0 Å². The molecule has 1 fully saturated rings. The van der Waals surface area contributed by atoms with Gasteiger partial charge in [0.05, 0.1) is 11.5 Å². The van der Waals surface area contributed by atoms with E-state index in [1.54, 1.807) is 0 Å². The summed E-state index contributed by atoms with van der Waals surface area (Å²) in [4.78, 5) is 13.7. The number of nitrogens with one attached hydrogen (secondary N) is 1. The summed E-state index contributed by atoms with van der Waals surface area (Å²) in [6.07, 6.45) is 2.29. The van der Waals surface area contributed by atoms with Gasteiger partial charge in [0, 0.05) is 13.1 Å². The number of carbonyl (C=O) groups excluding carboxylic acids is 1. The van der Waals surface area contributed by atoms with E-state index in [1.807, 2.05) is 4.90 Å². The number of nitrogens with two attached hydrogens (primary N) is 1. The van der Waals surface area contributed by atoms with E-state index < -0.39 is 0 Å². The van der Waals surface area contributed by atoms with Gasteiger partial charge in [0.1, 0.15) is 0 Å². The first kappa shape index (κ1) is 11.2. The van der Waals surface area contributed by atoms with Crippen molar-refractivity contribution >= 4 is 23.2 Å². The standard InChI is InChI=1S/C9H17N3OS/c1-7-3-2-4-12(6-7)9(13)11-5-8(10)14/h7H,2-6H2,1H3,(H2,10,14)(H,11,13). The zero-order chi connectivity index (χ0) is 10.6. The minimum Gasteiger partial charge on any atom is -0.392 e. The summed E-state index contributed by atoms with van der Waals surface area (Å²) in [7, 11) is 0. The third kappa shape index (κ3) is 3.49. The third-order valence-electron chi connectivity index (χ3n) is 2.36. The number of amides is 2. The van der Waals surface area contributed by atoms with E-state index in [0.717, 1.165) is 19.5 Å². The molecule has 0 saturated carbocycles. The fourth-order valence-corrected chi connectivity index (χ4v) is 1.72. The van der Waals surface area contributed by atoms with Crippen molar-refractivity contribution in [3.8, 4) is 0 Å². The van der Waals surface area contributed by atoms with Crippen LogP contribution in [0.25, 0.3) is 0 Å². The molecule has 0 aliphatic carbocycles. The first-order valence-electron chi connectivity index (χ1n) is 4.90. The van der Waals surface area contributed by atoms with E-state index in [-0.39, 0.29) is 6.03 Å². The smallest absolute Gasteiger partial charge is 0.317 e. The largest absolute Gasteiger partial charge is 0.392 e. The summed E-state index contributed by atoms with van der Waals surface area (Å²) in [5, 5.41) is 2.69. The van der Waals surface area contributed by atoms with Gasteiger partial charge in [-0.2, -0.15) is 0 Å². The van der Waals surface area contributed by atoms with Crippen molar-refractivity contribution in [3.05, 3.63) is 0 Å². The number of hydrogen-bond acceptors (Lipinski definition) is 2. The molecule has 0 aromatic rings. The molecule has 4 nitrogen and oxygen atoms in total. The van der Waals surface area contributed by atoms with Gasteiger partial charge < -0.3 is 16.0 Å². The highest BCUT2D eigenvalue weighted by molar-refractivity contribution is 7.80. The van der Waals surface area contributed by atoms with Crippen LogP contribution >= 0.6 is 12.2 Å². The lowest BCUT2D eigenvalue weighted by Gasteiger charge is -2.30. The lowest BCUT2D eigenvalue weighted by atomic mass is 10.0. The van der Waals surface area contributed by atoms with Gasteiger partial charge in [-0.25, -0.2) is 4.79 Å². The summed E-state index contributed by atoms with van der Waals surface area (Å²) in [6.45, 7) is 4.13. The van der Waals surface area contributed by atoms with Crippen molar-refractivity contribution in [1.82, 2.24) is 10.2 Å². The molecule has 0 spiro atoms. The van der Waals surface area contributed by atoms with Gasteiger partial charge >= 0.3 is 6.03 Å². The molecule has 2 amide bonds. The molecular formula is C9H17N3OS. The van der Waals surface area contributed by atoms with E-state index in [1.165, 1.54) is 6.42 Å². The molecule has 1 aliphatic rings. The van der Waals surface area contributed by atoms with E-state index in [0.29, 0.717) is 17.5 Å². The van der Waals surface area contributed by atoms with Crippen LogP contribution in [0.1, 0.15) is 19.8 Å². The fourth-order valence-electron chi connectivity index (χ4n) is 1.65. The molecule has 0 aromatic carbocycles. The Hall–Kier alpha value is -0.840. The summed E-state index contributed by atoms with van der Waals surface area (Å²) in [5.41, 5.74) is 5.30. The fraction of sp³-hybridized carbons (Fsp3) is 0.778. The van der Waals surface area contributed by atoms with E-state index in [2.05, 4.69) is 24.5 Å². The molecule has 80 valence electrons. The highest BCUT2D eigenvalue weighted by Gasteiger charge is 2.20. The summed E-state index contributed by atoms with van der Waals surface area (Å²) in [6, 6.07) is -0.0515. The Morgan fingerprint density at radius 2 is 2.43 bits per heavy atom. The van der Waals surface area contributed by atoms with Gasteiger partial charge in [-0.05, 0) is 18.8 Å². The van der Waals surface area contributed by atoms with Crippen LogP contribution in [0.2, 0.25) is 0 Å². The minimum atomic E-state index is -0.0515. The lowest BCUT2D eigenvalue weighted by molar-refractivity contribution is 0.171. The second kappa shape index (κ2) is 5.14. The Balaban J connectivity index is 2.32. The number of urea groups is 1. The predicted molar refractivity (Wildman–Crippen MR) is 60.2 cm³/mol. The lowest BCUT2D eigenvalue weighted by Crippen LogP contribution is -2.46. The van der Waals surface area contributed by atoms with Gasteiger partial charge in [-0.3, -0.25) is 0 Å². The average Bonchev–Trinajstić information content (AvgIpc) is 2.14. The van der Waals surface area contributed by atoms with Crippen LogP contribution in [-0.2, 0) is 0 Å². The zero-order valence-corrected chi connectivity index (χ0v) is 9.27. The first-order valence-corrected chi connectivity index (χ1v) is 5.31. The Morgan fingerprint density at radius 3 is 3.00 bits per heavy atom. The van der Waals surface area contributed by atoms with Crippen molar-refractivity contribution in [2.75, 3.05) is 19.6 Å². The molecule has 14 heavy (non-hydrogen) atoms. The molecular weight excluding hydrogens is 198 g/mol. The normalized spacial score (nSPS) is 21.8. The van der Waals surface area contributed by atoms with Crippen LogP contribution in [0, 0.1) is 5.92 Å². The molecule has 3 N–H and O–H groups in total. The Bertz CT molecular complexity index is 232. The maximum atomic E-state index is 11.5. The van der Waals surface area contributed by atoms with Crippen molar-refractivity contribution < 1.29 is 4.79 Å². The Labute approximate surface area is 89.8 Å². The van der Waals surface area contributed by atoms with Crippen molar-refractivity contribution in [1.29, 1.82) is 0 Å². The number of rotatable bonds is 2. The number of piperidine rings is 1. The molecule has 0 radical (unpaired) electrons. The van der Waals surface area contributed by atoms with Crippen LogP contribution in [0.15, 0.2) is 0 Å². The molecule has 1 unspecified atom stereocenters. The number of likely N-dealkylation sites (tertiary alicyclic amines) is 1. The minimum absolute atomic E-state index is 0.0515. The number of carbonyl (C=O) groups is 1. The second-order valence-electron chi connectivity index (χ2n) is 3.82. The topological polar surface area (TPSA) is 58.4 Å². The third-order valence-corrected chi connectivity index (χ3v) is 2.50. The van der Waals surface area contributed by atoms with Gasteiger partial charge in [-0.15, -0.1) is 0 Å². The van der Waals surface area contributed by atoms with Crippen LogP contribution in [0.5, 0.6) is 0 Å². The first-order chi connectivity index (χ1) is 6.59. The van der Waals surface area contributed by atoms with E-state index in [9.17, 15) is 4.79 Å². The summed E-state index contributed by atoms with van der Waals surface area (Å²) < 4.78 is 0. The molecule has 1 heterocycles. The maximum absolute atomic E-state index is 11.5. The molecule has 1 rings (SSSR count). The van der Waals surface area contributed by atoms with Crippen molar-refractivity contribution in [2.24, 2.45) is 11.7 Å². The van der Waals surface area contributed by atoms with Crippen LogP contribution in [0.4, 0.5) is 4.79 Å². The maximum Gasteiger partial charge on any atom is 0.317 e. The second-order valence-corrected chi connectivity index (χ2v) is 4.34. The SMILES string of the molecule is CC1CCCN(C(=O)NCC(N)=S)C1. The van der Waals surface area contributed by atoms with E-state index in [4.69, 9.17) is 5.73 Å². The number of hydrogen-bond donors (Lipinski definition) is 2. The van der Waals surface area contributed by atoms with E-state index >= 15 is 0 Å². The van der Waals surface area contributed by atoms with Crippen LogP contribution in [-0.4, -0.2) is 35.6 Å². The molecule has 0 aromatic heterocycles. The van der Waals surface area contributed by atoms with Gasteiger partial charge in [0.15, 0.2) is 0 Å². The quantitative estimate of drug-likeness (QED) is 0.667. The summed E-state index contributed by atoms with van der Waals surface area (Å²) >= 11 is 4.68. The number of thiocarbonyl (C=S) groups is 1. The predicted octanol–water partition coefficient (Wildman–Crippen LogP) is 0.714. The summed E-state index contributed by atoms with van der Waals surface area (Å²) in [5.74, 6) is 0.597. The zero-order valence-electron chi connectivity index (χ0n) is 8.45. The van der Waals surface area contributed by atoms with Gasteiger partial charge in [0.2, 0.25) is 0 Å². The Morgan fingerprint density at radius 1 is 1.71 bits per heavy atom. The number of nitrogens with zero attached hydrogens (tertiary/aromatic N) is 1. The van der Waals surface area contributed by atoms with Crippen molar-refractivity contribution in [2.45, 2.75) is 19.8 Å². The highest BCUT2D eigenvalue weighted by atomic mass is 32.1. The van der Waals surface area contributed by atoms with Gasteiger partial charge in [-0.1, -0.05) is 19.1 Å². The van der Waals surface area contributed by atoms with Crippen LogP contribution in [0.3, 0.4) is 0 Å². The molecule has 1 aliphatic heterocycles. The molecule has 1 saturated heterocycles. The Kier molecular flexibility index (Phi) is 4.13. The molecule has 0 bridgehead atoms. The van der Waals surface area contributed by atoms with Crippen LogP contribution < -0.4 is 11.1 Å². The monoisotopic (exact) mass is 215 g/mol. The highest BCUT2D eigenvalue weighted by Crippen LogP contribution is 2.14.